The van der Waals surface area contributed by atoms with Gasteiger partial charge in [-0.2, -0.15) is 0 Å². The molecule has 0 aliphatic heterocycles. The average molecular weight is 312 g/mol. The number of hydrogen-bond acceptors (Lipinski definition) is 4. The molecule has 0 saturated heterocycles. The molecule has 0 aliphatic carbocycles. The molecular weight excluding hydrogens is 292 g/mol. The number of nitrogens with one attached hydrogen (secondary N) is 2. The van der Waals surface area contributed by atoms with Gasteiger partial charge < -0.3 is 14.8 Å². The predicted molar refractivity (Wildman–Crippen MR) is 90.1 cm³/mol. The average Bonchev–Trinajstić information content (AvgIpc) is 2.56. The minimum atomic E-state index is -0.591. The van der Waals surface area contributed by atoms with E-state index in [9.17, 15) is 4.79 Å². The van der Waals surface area contributed by atoms with Crippen molar-refractivity contribution in [2.24, 2.45) is 0 Å². The number of benzene rings is 2. The van der Waals surface area contributed by atoms with E-state index in [1.807, 2.05) is 50.2 Å². The monoisotopic (exact) mass is 312 g/mol. The zero-order valence-electron chi connectivity index (χ0n) is 13.5. The molecule has 0 aliphatic rings. The molecule has 0 bridgehead atoms. The van der Waals surface area contributed by atoms with Crippen molar-refractivity contribution in [3.05, 3.63) is 59.2 Å². The third-order valence-electron chi connectivity index (χ3n) is 3.40. The molecule has 0 spiro atoms. The lowest BCUT2D eigenvalue weighted by molar-refractivity contribution is -0.111. The number of para-hydroxylation sites is 1. The molecule has 0 aromatic heterocycles. The van der Waals surface area contributed by atoms with E-state index < -0.39 is 11.8 Å². The zero-order valence-corrected chi connectivity index (χ0v) is 13.5. The topological polar surface area (TPSA) is 71.4 Å². The minimum absolute atomic E-state index is 0.320. The molecule has 2 aromatic rings. The molecule has 23 heavy (non-hydrogen) atoms. The normalized spacial score (nSPS) is 10.0. The second-order valence-electron chi connectivity index (χ2n) is 5.20. The van der Waals surface area contributed by atoms with Crippen molar-refractivity contribution in [2.45, 2.75) is 20.5 Å². The highest BCUT2D eigenvalue weighted by atomic mass is 16.5. The first-order valence-corrected chi connectivity index (χ1v) is 7.23. The van der Waals surface area contributed by atoms with E-state index in [4.69, 9.17) is 10.1 Å². The first-order chi connectivity index (χ1) is 11.0. The van der Waals surface area contributed by atoms with Crippen LogP contribution >= 0.6 is 0 Å². The third-order valence-corrected chi connectivity index (χ3v) is 3.40. The summed E-state index contributed by atoms with van der Waals surface area (Å²) in [7, 11) is 1.29. The van der Waals surface area contributed by atoms with Crippen molar-refractivity contribution < 1.29 is 14.3 Å². The number of amides is 1. The number of rotatable bonds is 4. The summed E-state index contributed by atoms with van der Waals surface area (Å²) in [6, 6.07) is 13.4. The summed E-state index contributed by atoms with van der Waals surface area (Å²) < 4.78 is 10.5. The summed E-state index contributed by atoms with van der Waals surface area (Å²) in [5, 5.41) is 10.0. The van der Waals surface area contributed by atoms with Gasteiger partial charge in [0, 0.05) is 11.3 Å². The Hall–Kier alpha value is -2.82. The van der Waals surface area contributed by atoms with Crippen molar-refractivity contribution in [2.75, 3.05) is 12.4 Å². The Bertz CT molecular complexity index is 726. The summed E-state index contributed by atoms with van der Waals surface area (Å²) in [5.41, 5.74) is 3.61. The zero-order chi connectivity index (χ0) is 16.8. The SMILES string of the molecule is COC(=N)C(=O)Nc1ccccc1COc1cc(C)ccc1C. The Morgan fingerprint density at radius 2 is 1.91 bits per heavy atom. The Morgan fingerprint density at radius 3 is 2.65 bits per heavy atom. The molecule has 120 valence electrons. The largest absolute Gasteiger partial charge is 0.489 e. The van der Waals surface area contributed by atoms with Crippen molar-refractivity contribution in [1.82, 2.24) is 0 Å². The van der Waals surface area contributed by atoms with Gasteiger partial charge in [-0.05, 0) is 37.1 Å². The van der Waals surface area contributed by atoms with E-state index >= 15 is 0 Å². The summed E-state index contributed by atoms with van der Waals surface area (Å²) in [4.78, 5) is 11.8. The Morgan fingerprint density at radius 1 is 1.17 bits per heavy atom. The van der Waals surface area contributed by atoms with Gasteiger partial charge in [-0.25, -0.2) is 0 Å². The van der Waals surface area contributed by atoms with Crippen LogP contribution in [0.5, 0.6) is 5.75 Å². The smallest absolute Gasteiger partial charge is 0.310 e. The fourth-order valence-corrected chi connectivity index (χ4v) is 2.06. The van der Waals surface area contributed by atoms with Crippen molar-refractivity contribution in [3.8, 4) is 5.75 Å². The number of methoxy groups -OCH3 is 1. The molecule has 5 nitrogen and oxygen atoms in total. The first kappa shape index (κ1) is 16.5. The van der Waals surface area contributed by atoms with Gasteiger partial charge in [-0.3, -0.25) is 10.2 Å². The van der Waals surface area contributed by atoms with E-state index in [1.54, 1.807) is 6.07 Å². The maximum absolute atomic E-state index is 11.8. The first-order valence-electron chi connectivity index (χ1n) is 7.23. The fourth-order valence-electron chi connectivity index (χ4n) is 2.06. The second-order valence-corrected chi connectivity index (χ2v) is 5.20. The minimum Gasteiger partial charge on any atom is -0.489 e. The van der Waals surface area contributed by atoms with Gasteiger partial charge >= 0.3 is 5.91 Å². The standard InChI is InChI=1S/C18H20N2O3/c1-12-8-9-13(2)16(10-12)23-11-14-6-4-5-7-15(14)20-18(21)17(19)22-3/h4-10,19H,11H2,1-3H3,(H,20,21). The van der Waals surface area contributed by atoms with Gasteiger partial charge in [0.25, 0.3) is 5.90 Å². The van der Waals surface area contributed by atoms with Crippen LogP contribution in [0.25, 0.3) is 0 Å². The maximum Gasteiger partial charge on any atom is 0.310 e. The van der Waals surface area contributed by atoms with Crippen LogP contribution in [-0.4, -0.2) is 18.9 Å². The lowest BCUT2D eigenvalue weighted by atomic mass is 10.1. The van der Waals surface area contributed by atoms with Crippen LogP contribution in [0.2, 0.25) is 0 Å². The second kappa shape index (κ2) is 7.45. The van der Waals surface area contributed by atoms with Crippen LogP contribution in [0.3, 0.4) is 0 Å². The van der Waals surface area contributed by atoms with E-state index in [-0.39, 0.29) is 0 Å². The Kier molecular flexibility index (Phi) is 5.36. The fraction of sp³-hybridized carbons (Fsp3) is 0.222. The van der Waals surface area contributed by atoms with E-state index in [1.165, 1.54) is 7.11 Å². The quantitative estimate of drug-likeness (QED) is 0.671. The van der Waals surface area contributed by atoms with Crippen LogP contribution in [-0.2, 0) is 16.1 Å². The highest BCUT2D eigenvalue weighted by Crippen LogP contribution is 2.22. The van der Waals surface area contributed by atoms with Gasteiger partial charge in [-0.15, -0.1) is 0 Å². The van der Waals surface area contributed by atoms with Gasteiger partial charge in [-0.1, -0.05) is 30.3 Å². The molecule has 0 fully saturated rings. The number of carbonyl (C=O) groups is 1. The van der Waals surface area contributed by atoms with Crippen molar-refractivity contribution >= 4 is 17.5 Å². The number of anilines is 1. The van der Waals surface area contributed by atoms with Gasteiger partial charge in [0.1, 0.15) is 12.4 Å². The molecule has 0 radical (unpaired) electrons. The molecule has 2 N–H and O–H groups in total. The van der Waals surface area contributed by atoms with Crippen LogP contribution in [0.1, 0.15) is 16.7 Å². The van der Waals surface area contributed by atoms with Crippen LogP contribution in [0, 0.1) is 19.3 Å². The van der Waals surface area contributed by atoms with Gasteiger partial charge in [0.05, 0.1) is 7.11 Å². The lowest BCUT2D eigenvalue weighted by Gasteiger charge is -2.14. The van der Waals surface area contributed by atoms with E-state index in [2.05, 4.69) is 10.1 Å². The van der Waals surface area contributed by atoms with E-state index in [0.29, 0.717) is 12.3 Å². The molecular formula is C18H20N2O3. The van der Waals surface area contributed by atoms with Crippen molar-refractivity contribution in [1.29, 1.82) is 5.41 Å². The third kappa shape index (κ3) is 4.32. The van der Waals surface area contributed by atoms with Crippen molar-refractivity contribution in [3.63, 3.8) is 0 Å². The number of hydrogen-bond donors (Lipinski definition) is 2. The summed E-state index contributed by atoms with van der Waals surface area (Å²) in [6.45, 7) is 4.32. The number of aryl methyl sites for hydroxylation is 2. The summed E-state index contributed by atoms with van der Waals surface area (Å²) >= 11 is 0. The van der Waals surface area contributed by atoms with Gasteiger partial charge in [0.2, 0.25) is 0 Å². The van der Waals surface area contributed by atoms with Crippen LogP contribution in [0.15, 0.2) is 42.5 Å². The maximum atomic E-state index is 11.8. The molecule has 5 heteroatoms. The molecule has 2 aromatic carbocycles. The lowest BCUT2D eigenvalue weighted by Crippen LogP contribution is -2.24. The highest BCUT2D eigenvalue weighted by Gasteiger charge is 2.12. The molecule has 2 rings (SSSR count). The molecule has 0 saturated carbocycles. The summed E-state index contributed by atoms with van der Waals surface area (Å²) in [6.07, 6.45) is 0. The van der Waals surface area contributed by atoms with Crippen LogP contribution in [0.4, 0.5) is 5.69 Å². The highest BCUT2D eigenvalue weighted by molar-refractivity contribution is 6.38. The molecule has 0 atom stereocenters. The Balaban J connectivity index is 2.13. The number of ether oxygens (including phenoxy) is 2. The molecule has 0 heterocycles. The van der Waals surface area contributed by atoms with Gasteiger partial charge in [0.15, 0.2) is 0 Å². The predicted octanol–water partition coefficient (Wildman–Crippen LogP) is 3.44. The Labute approximate surface area is 135 Å². The van der Waals surface area contributed by atoms with E-state index in [0.717, 1.165) is 22.4 Å². The molecule has 1 amide bonds. The summed E-state index contributed by atoms with van der Waals surface area (Å²) in [5.74, 6) is -0.210. The molecule has 0 unspecified atom stereocenters. The number of carbonyl (C=O) groups excluding carboxylic acids is 1. The van der Waals surface area contributed by atoms with Crippen LogP contribution < -0.4 is 10.1 Å².